The number of anilines is 2. The summed E-state index contributed by atoms with van der Waals surface area (Å²) in [6.07, 6.45) is 1.94. The van der Waals surface area contributed by atoms with Gasteiger partial charge in [0.15, 0.2) is 0 Å². The highest BCUT2D eigenvalue weighted by atomic mass is 16.5. The van der Waals surface area contributed by atoms with Gasteiger partial charge in [-0.2, -0.15) is 0 Å². The van der Waals surface area contributed by atoms with Crippen LogP contribution in [0.5, 0.6) is 11.5 Å². The Morgan fingerprint density at radius 3 is 1.64 bits per heavy atom. The maximum Gasteiger partial charge on any atom is 0.137 e. The molecule has 0 atom stereocenters. The van der Waals surface area contributed by atoms with Crippen LogP contribution in [0, 0.1) is 0 Å². The van der Waals surface area contributed by atoms with E-state index in [0.717, 1.165) is 100.0 Å². The molecule has 0 radical (unpaired) electrons. The highest BCUT2D eigenvalue weighted by Crippen LogP contribution is 2.47. The molecule has 5 heterocycles. The molecule has 10 aromatic carbocycles. The van der Waals surface area contributed by atoms with Crippen molar-refractivity contribution in [2.75, 3.05) is 4.90 Å². The molecule has 0 N–H and O–H groups in total. The molecule has 0 amide bonds. The van der Waals surface area contributed by atoms with Gasteiger partial charge in [0.05, 0.1) is 44.5 Å². The number of hydrogen-bond donors (Lipinski definition) is 0. The second-order valence-electron chi connectivity index (χ2n) is 24.8. The summed E-state index contributed by atoms with van der Waals surface area (Å²) in [6.45, 7) is 18.1. The third kappa shape index (κ3) is 8.17. The number of benzene rings is 10. The summed E-state index contributed by atoms with van der Waals surface area (Å²) in [7, 11) is 0. The van der Waals surface area contributed by atoms with E-state index in [1.165, 1.54) is 43.4 Å². The van der Waals surface area contributed by atoms with Gasteiger partial charge in [0, 0.05) is 69.3 Å². The molecule has 14 aromatic rings. The first-order chi connectivity index (χ1) is 40.6. The van der Waals surface area contributed by atoms with E-state index in [-0.39, 0.29) is 10.8 Å². The van der Waals surface area contributed by atoms with Crippen molar-refractivity contribution in [3.05, 3.63) is 247 Å². The molecule has 0 bridgehead atoms. The molecule has 0 unspecified atom stereocenters. The average molecular weight is 1080 g/mol. The first-order valence-electron chi connectivity index (χ1n) is 29.5. The lowest BCUT2D eigenvalue weighted by Crippen LogP contribution is -2.15. The number of ether oxygens (including phenoxy) is 1. The van der Waals surface area contributed by atoms with Crippen molar-refractivity contribution in [1.29, 1.82) is 0 Å². The monoisotopic (exact) mass is 1080 g/mol. The Labute approximate surface area is 485 Å². The first-order valence-corrected chi connectivity index (χ1v) is 29.0. The molecule has 4 aromatic heterocycles. The molecule has 0 aliphatic carbocycles. The van der Waals surface area contributed by atoms with Gasteiger partial charge in [-0.3, -0.25) is 4.57 Å². The summed E-state index contributed by atoms with van der Waals surface area (Å²) >= 11 is 0. The normalized spacial score (nSPS) is 13.2. The second-order valence-corrected chi connectivity index (χ2v) is 24.8. The van der Waals surface area contributed by atoms with Crippen molar-refractivity contribution in [3.63, 3.8) is 0 Å². The number of hydrogen-bond acceptors (Lipinski definition) is 3. The quantitative estimate of drug-likeness (QED) is 0.160. The van der Waals surface area contributed by atoms with E-state index < -0.39 is 5.89 Å². The van der Waals surface area contributed by atoms with Crippen molar-refractivity contribution in [2.45, 2.75) is 78.8 Å². The van der Waals surface area contributed by atoms with Gasteiger partial charge < -0.3 is 18.8 Å². The predicted octanol–water partition coefficient (Wildman–Crippen LogP) is 21.1. The summed E-state index contributed by atoms with van der Waals surface area (Å²) in [4.78, 5) is 7.55. The van der Waals surface area contributed by atoms with Crippen LogP contribution in [0.2, 0.25) is 0 Å². The summed E-state index contributed by atoms with van der Waals surface area (Å²) in [5.74, 6) is 1.48. The van der Waals surface area contributed by atoms with Crippen LogP contribution in [0.25, 0.3) is 110 Å². The van der Waals surface area contributed by atoms with E-state index in [1.807, 2.05) is 20.0 Å². The molecule has 1 aliphatic heterocycles. The molecule has 6 nitrogen and oxygen atoms in total. The van der Waals surface area contributed by atoms with E-state index in [0.29, 0.717) is 12.4 Å². The number of nitrogens with zero attached hydrogens (tertiary/aromatic N) is 5. The highest BCUT2D eigenvalue weighted by Gasteiger charge is 2.28. The first kappa shape index (κ1) is 49.2. The number of fused-ring (bicyclic) bond motifs is 13. The zero-order chi connectivity index (χ0) is 57.4. The van der Waals surface area contributed by atoms with Crippen LogP contribution >= 0.6 is 0 Å². The van der Waals surface area contributed by atoms with E-state index in [2.05, 4.69) is 285 Å². The van der Waals surface area contributed by atoms with Crippen LogP contribution in [0.1, 0.15) is 79.3 Å². The number of para-hydroxylation sites is 5. The molecule has 404 valence electrons. The van der Waals surface area contributed by atoms with Crippen LogP contribution < -0.4 is 9.64 Å². The SMILES string of the molecule is [2H]C(C)(C)c1cc(-c2cccc3c4ccccc4c4ccccc4c4cccc5c4n(c23)CN5c2cccc(Oc3cc(-n4c5ccccc5c5ccccc54)c4c5ccccc5n(-c5cc(C(C)(C)C)ccn5)c4c3)c2)cc(C(C)(C)C)c1. The minimum atomic E-state index is -0.811. The van der Waals surface area contributed by atoms with Crippen molar-refractivity contribution in [3.8, 4) is 34.1 Å². The minimum absolute atomic E-state index is 0.0860. The number of rotatable bonds is 7. The number of pyridine rings is 1. The molecular formula is C77H65N5O. The van der Waals surface area contributed by atoms with Gasteiger partial charge in [0.2, 0.25) is 0 Å². The smallest absolute Gasteiger partial charge is 0.137 e. The summed E-state index contributed by atoms with van der Waals surface area (Å²) in [6, 6.07) is 81.8. The maximum atomic E-state index is 9.37. The lowest BCUT2D eigenvalue weighted by Gasteiger charge is -2.23. The molecule has 6 heteroatoms. The molecule has 0 spiro atoms. The lowest BCUT2D eigenvalue weighted by molar-refractivity contribution is 0.483. The average Bonchev–Trinajstić information content (AvgIpc) is 1.78. The largest absolute Gasteiger partial charge is 0.457 e. The van der Waals surface area contributed by atoms with Gasteiger partial charge in [-0.25, -0.2) is 4.98 Å². The topological polar surface area (TPSA) is 40.1 Å². The minimum Gasteiger partial charge on any atom is -0.457 e. The highest BCUT2D eigenvalue weighted by molar-refractivity contribution is 6.22. The van der Waals surface area contributed by atoms with Crippen LogP contribution in [-0.4, -0.2) is 18.7 Å². The summed E-state index contributed by atoms with van der Waals surface area (Å²) in [5, 5.41) is 11.7. The van der Waals surface area contributed by atoms with E-state index >= 15 is 0 Å². The van der Waals surface area contributed by atoms with Crippen LogP contribution in [0.3, 0.4) is 0 Å². The van der Waals surface area contributed by atoms with E-state index in [1.54, 1.807) is 0 Å². The summed E-state index contributed by atoms with van der Waals surface area (Å²) in [5.41, 5.74) is 15.1. The standard InChI is InChI=1S/C77H65N5O/c1-48(2)49-40-50(42-52(41-49)77(6,7)8)56-31-20-32-63-59-26-11-9-24-57(59)58-25-10-12-27-60(58)64-33-21-37-69-75(64)80(74(56)63)47-79(69)53-22-19-23-54(44-53)83-55-45-70(81-66-34-16-13-28-61(66)62-29-14-17-35-67(62)81)73-65-30-15-18-36-68(65)82(71(73)46-55)72-43-51(38-39-78-72)76(3,4)5/h9-46,48H,47H2,1-8H3/i48D. The third-order valence-corrected chi connectivity index (χ3v) is 17.3. The molecule has 83 heavy (non-hydrogen) atoms. The maximum absolute atomic E-state index is 9.37. The van der Waals surface area contributed by atoms with Crippen molar-refractivity contribution in [1.82, 2.24) is 18.7 Å². The molecular weight excluding hydrogens is 1010 g/mol. The predicted molar refractivity (Wildman–Crippen MR) is 351 cm³/mol. The van der Waals surface area contributed by atoms with Crippen molar-refractivity contribution >= 4 is 98.3 Å². The molecule has 0 fully saturated rings. The molecule has 15 rings (SSSR count). The third-order valence-electron chi connectivity index (χ3n) is 17.3. The number of aromatic nitrogens is 4. The molecule has 0 saturated heterocycles. The van der Waals surface area contributed by atoms with Crippen molar-refractivity contribution < 1.29 is 6.11 Å². The van der Waals surface area contributed by atoms with Crippen LogP contribution in [0.4, 0.5) is 11.4 Å². The Kier molecular flexibility index (Phi) is 11.2. The molecule has 1 aliphatic rings. The van der Waals surface area contributed by atoms with Gasteiger partial charge in [0.25, 0.3) is 0 Å². The fourth-order valence-electron chi connectivity index (χ4n) is 13.2. The Morgan fingerprint density at radius 2 is 1.00 bits per heavy atom. The molecule has 0 saturated carbocycles. The zero-order valence-corrected chi connectivity index (χ0v) is 48.3. The van der Waals surface area contributed by atoms with Gasteiger partial charge in [-0.15, -0.1) is 0 Å². The zero-order valence-electron chi connectivity index (χ0n) is 49.3. The summed E-state index contributed by atoms with van der Waals surface area (Å²) < 4.78 is 24.0. The fourth-order valence-corrected chi connectivity index (χ4v) is 13.2. The Bertz CT molecular complexity index is 5030. The van der Waals surface area contributed by atoms with Gasteiger partial charge in [0.1, 0.15) is 24.0 Å². The van der Waals surface area contributed by atoms with Gasteiger partial charge >= 0.3 is 0 Å². The van der Waals surface area contributed by atoms with E-state index in [4.69, 9.17) is 9.72 Å². The lowest BCUT2D eigenvalue weighted by atomic mass is 9.82. The van der Waals surface area contributed by atoms with Crippen LogP contribution in [0.15, 0.2) is 231 Å². The van der Waals surface area contributed by atoms with Crippen LogP contribution in [-0.2, 0) is 17.5 Å². The van der Waals surface area contributed by atoms with Crippen molar-refractivity contribution in [2.24, 2.45) is 0 Å². The van der Waals surface area contributed by atoms with Gasteiger partial charge in [-0.1, -0.05) is 213 Å². The Hall–Kier alpha value is -9.65. The second kappa shape index (κ2) is 19.0. The Morgan fingerprint density at radius 1 is 0.446 bits per heavy atom. The Balaban J connectivity index is 0.959. The fraction of sp³-hybridized carbons (Fsp3) is 0.156. The van der Waals surface area contributed by atoms with Gasteiger partial charge in [-0.05, 0) is 109 Å². The van der Waals surface area contributed by atoms with E-state index in [9.17, 15) is 1.37 Å².